The lowest BCUT2D eigenvalue weighted by Crippen LogP contribution is -2.18. The molecule has 1 saturated heterocycles. The first-order valence-corrected chi connectivity index (χ1v) is 9.09. The fraction of sp³-hybridized carbons (Fsp3) is 0.235. The Kier molecular flexibility index (Phi) is 5.96. The van der Waals surface area contributed by atoms with Crippen molar-refractivity contribution < 1.29 is 19.4 Å². The monoisotopic (exact) mass is 399 g/mol. The predicted octanol–water partition coefficient (Wildman–Crippen LogP) is 4.76. The van der Waals surface area contributed by atoms with E-state index >= 15 is 0 Å². The summed E-state index contributed by atoms with van der Waals surface area (Å²) in [5.74, 6) is -0.715. The number of ether oxygens (including phenoxy) is 2. The average Bonchev–Trinajstić information content (AvgIpc) is 3.05. The Labute approximate surface area is 159 Å². The maximum absolute atomic E-state index is 12.1. The van der Waals surface area contributed by atoms with Gasteiger partial charge in [-0.1, -0.05) is 23.2 Å². The maximum atomic E-state index is 12.1. The Balaban J connectivity index is 1.63. The van der Waals surface area contributed by atoms with Gasteiger partial charge in [0.25, 0.3) is 0 Å². The summed E-state index contributed by atoms with van der Waals surface area (Å²) in [5.41, 5.74) is 0.743. The highest BCUT2D eigenvalue weighted by molar-refractivity contribution is 8.00. The topological polar surface area (TPSA) is 67.8 Å². The molecule has 0 radical (unpaired) electrons. The zero-order valence-electron chi connectivity index (χ0n) is 13.0. The van der Waals surface area contributed by atoms with Crippen LogP contribution in [0.15, 0.2) is 41.3 Å². The molecule has 1 aliphatic heterocycles. The molecule has 0 amide bonds. The zero-order chi connectivity index (χ0) is 17.8. The van der Waals surface area contributed by atoms with Gasteiger partial charge in [-0.15, -0.1) is 0 Å². The number of esters is 1. The molecule has 0 spiro atoms. The summed E-state index contributed by atoms with van der Waals surface area (Å²) in [4.78, 5) is 12.9. The minimum atomic E-state index is -0.561. The third kappa shape index (κ3) is 4.95. The van der Waals surface area contributed by atoms with Crippen LogP contribution in [-0.2, 0) is 9.47 Å². The second kappa shape index (κ2) is 8.19. The number of aromatic hydroxyl groups is 1. The smallest absolute Gasteiger partial charge is 0.342 e. The molecule has 0 saturated carbocycles. The summed E-state index contributed by atoms with van der Waals surface area (Å²) < 4.78 is 13.5. The van der Waals surface area contributed by atoms with Crippen LogP contribution in [0.1, 0.15) is 16.8 Å². The van der Waals surface area contributed by atoms with Gasteiger partial charge in [0.05, 0.1) is 13.2 Å². The average molecular weight is 400 g/mol. The normalized spacial score (nSPS) is 16.6. The Morgan fingerprint density at radius 3 is 2.64 bits per heavy atom. The molecule has 132 valence electrons. The van der Waals surface area contributed by atoms with Crippen molar-refractivity contribution in [3.63, 3.8) is 0 Å². The number of carbonyl (C=O) groups excluding carboxylic acids is 1. The molecule has 1 aliphatic rings. The lowest BCUT2D eigenvalue weighted by atomic mass is 10.2. The van der Waals surface area contributed by atoms with Crippen molar-refractivity contribution in [2.24, 2.45) is 0 Å². The zero-order valence-corrected chi connectivity index (χ0v) is 15.3. The molecule has 3 rings (SSSR count). The molecule has 2 aromatic rings. The van der Waals surface area contributed by atoms with Crippen molar-refractivity contribution in [1.82, 2.24) is 0 Å². The number of carbonyl (C=O) groups is 1. The summed E-state index contributed by atoms with van der Waals surface area (Å²) in [7, 11) is 0. The third-order valence-electron chi connectivity index (χ3n) is 3.50. The Morgan fingerprint density at radius 2 is 2.00 bits per heavy atom. The predicted molar refractivity (Wildman–Crippen MR) is 98.7 cm³/mol. The molecule has 1 fully saturated rings. The molecule has 0 aromatic heterocycles. The molecular formula is C17H15Cl2NO4S. The van der Waals surface area contributed by atoms with Gasteiger partial charge in [-0.3, -0.25) is 0 Å². The van der Waals surface area contributed by atoms with E-state index in [1.165, 1.54) is 24.1 Å². The van der Waals surface area contributed by atoms with Crippen LogP contribution in [0.3, 0.4) is 0 Å². The van der Waals surface area contributed by atoms with E-state index in [4.69, 9.17) is 32.7 Å². The number of anilines is 1. The second-order valence-corrected chi connectivity index (χ2v) is 7.18. The van der Waals surface area contributed by atoms with E-state index in [-0.39, 0.29) is 17.4 Å². The van der Waals surface area contributed by atoms with Crippen LogP contribution in [0.2, 0.25) is 10.0 Å². The van der Waals surface area contributed by atoms with Crippen LogP contribution < -0.4 is 4.72 Å². The Morgan fingerprint density at radius 1 is 1.24 bits per heavy atom. The molecule has 1 unspecified atom stereocenters. The summed E-state index contributed by atoms with van der Waals surface area (Å²) in [6, 6.07) is 9.83. The van der Waals surface area contributed by atoms with Crippen molar-refractivity contribution in [2.75, 3.05) is 17.9 Å². The van der Waals surface area contributed by atoms with Crippen LogP contribution in [0, 0.1) is 0 Å². The highest BCUT2D eigenvalue weighted by atomic mass is 35.5. The SMILES string of the molecule is O=C(OC1CCOC1)c1ccc(NSc2cc(Cl)cc(Cl)c2)cc1O. The standard InChI is InChI=1S/C17H15Cl2NO4S/c18-10-5-11(19)7-14(6-10)25-20-12-1-2-15(16(21)8-12)17(22)24-13-3-4-23-9-13/h1-2,5-8,13,20-21H,3-4,9H2. The number of benzene rings is 2. The molecule has 2 aromatic carbocycles. The van der Waals surface area contributed by atoms with Crippen molar-refractivity contribution in [3.05, 3.63) is 52.0 Å². The van der Waals surface area contributed by atoms with Crippen molar-refractivity contribution >= 4 is 46.8 Å². The van der Waals surface area contributed by atoms with E-state index in [1.54, 1.807) is 24.3 Å². The summed E-state index contributed by atoms with van der Waals surface area (Å²) in [6.45, 7) is 0.975. The van der Waals surface area contributed by atoms with E-state index in [2.05, 4.69) is 4.72 Å². The van der Waals surface area contributed by atoms with Crippen LogP contribution in [0.4, 0.5) is 5.69 Å². The van der Waals surface area contributed by atoms with Gasteiger partial charge in [-0.25, -0.2) is 4.79 Å². The first-order chi connectivity index (χ1) is 12.0. The molecule has 1 heterocycles. The van der Waals surface area contributed by atoms with Crippen molar-refractivity contribution in [3.8, 4) is 5.75 Å². The van der Waals surface area contributed by atoms with Crippen molar-refractivity contribution in [2.45, 2.75) is 17.4 Å². The Bertz CT molecular complexity index is 761. The number of halogens is 2. The summed E-state index contributed by atoms with van der Waals surface area (Å²) in [5, 5.41) is 11.2. The number of phenols is 1. The van der Waals surface area contributed by atoms with Crippen LogP contribution in [0.25, 0.3) is 0 Å². The Hall–Kier alpha value is -1.60. The van der Waals surface area contributed by atoms with Crippen molar-refractivity contribution in [1.29, 1.82) is 0 Å². The van der Waals surface area contributed by atoms with E-state index in [0.717, 1.165) is 4.90 Å². The largest absolute Gasteiger partial charge is 0.507 e. The van der Waals surface area contributed by atoms with Gasteiger partial charge < -0.3 is 19.3 Å². The minimum Gasteiger partial charge on any atom is -0.507 e. The van der Waals surface area contributed by atoms with Crippen LogP contribution >= 0.6 is 35.1 Å². The van der Waals surface area contributed by atoms with Gasteiger partial charge in [0, 0.05) is 33.1 Å². The number of hydrogen-bond donors (Lipinski definition) is 2. The maximum Gasteiger partial charge on any atom is 0.342 e. The van der Waals surface area contributed by atoms with E-state index in [0.29, 0.717) is 35.4 Å². The third-order valence-corrected chi connectivity index (χ3v) is 4.75. The van der Waals surface area contributed by atoms with E-state index in [9.17, 15) is 9.90 Å². The lowest BCUT2D eigenvalue weighted by molar-refractivity contribution is 0.0268. The van der Waals surface area contributed by atoms with Gasteiger partial charge in [-0.05, 0) is 42.3 Å². The fourth-order valence-electron chi connectivity index (χ4n) is 2.29. The molecule has 5 nitrogen and oxygen atoms in total. The van der Waals surface area contributed by atoms with E-state index < -0.39 is 5.97 Å². The van der Waals surface area contributed by atoms with Gasteiger partial charge in [0.15, 0.2) is 0 Å². The molecule has 8 heteroatoms. The molecular weight excluding hydrogens is 385 g/mol. The van der Waals surface area contributed by atoms with Crippen LogP contribution in [0.5, 0.6) is 5.75 Å². The van der Waals surface area contributed by atoms with Gasteiger partial charge in [0.2, 0.25) is 0 Å². The number of rotatable bonds is 5. The van der Waals surface area contributed by atoms with E-state index in [1.807, 2.05) is 0 Å². The minimum absolute atomic E-state index is 0.119. The molecule has 0 aliphatic carbocycles. The first-order valence-electron chi connectivity index (χ1n) is 7.52. The molecule has 25 heavy (non-hydrogen) atoms. The second-order valence-electron chi connectivity index (χ2n) is 5.43. The van der Waals surface area contributed by atoms with Gasteiger partial charge in [-0.2, -0.15) is 0 Å². The summed E-state index contributed by atoms with van der Waals surface area (Å²) in [6.07, 6.45) is 0.415. The summed E-state index contributed by atoms with van der Waals surface area (Å²) >= 11 is 13.2. The number of hydrogen-bond acceptors (Lipinski definition) is 6. The van der Waals surface area contributed by atoms with Gasteiger partial charge >= 0.3 is 5.97 Å². The first kappa shape index (κ1) is 18.2. The quantitative estimate of drug-likeness (QED) is 0.557. The number of phenolic OH excluding ortho intramolecular Hbond substituents is 1. The fourth-order valence-corrected chi connectivity index (χ4v) is 3.68. The van der Waals surface area contributed by atoms with Gasteiger partial charge in [0.1, 0.15) is 17.4 Å². The highest BCUT2D eigenvalue weighted by Gasteiger charge is 2.22. The van der Waals surface area contributed by atoms with Crippen LogP contribution in [-0.4, -0.2) is 30.4 Å². The number of nitrogens with one attached hydrogen (secondary N) is 1. The molecule has 0 bridgehead atoms. The molecule has 1 atom stereocenters. The molecule has 2 N–H and O–H groups in total. The lowest BCUT2D eigenvalue weighted by Gasteiger charge is -2.12. The highest BCUT2D eigenvalue weighted by Crippen LogP contribution is 2.30.